The first kappa shape index (κ1) is 19.5. The molecule has 0 radical (unpaired) electrons. The smallest absolute Gasteiger partial charge is 0.255 e. The fraction of sp³-hybridized carbons (Fsp3) is 0.182. The summed E-state index contributed by atoms with van der Waals surface area (Å²) in [5, 5.41) is 11.1. The minimum absolute atomic E-state index is 0.0550. The molecule has 1 aliphatic rings. The monoisotopic (exact) mass is 499 g/mol. The zero-order valence-electron chi connectivity index (χ0n) is 16.1. The zero-order valence-corrected chi connectivity index (χ0v) is 18.2. The van der Waals surface area contributed by atoms with Crippen molar-refractivity contribution >= 4 is 46.0 Å². The molecule has 148 valence electrons. The van der Waals surface area contributed by atoms with Gasteiger partial charge in [-0.25, -0.2) is 0 Å². The highest BCUT2D eigenvalue weighted by Crippen LogP contribution is 2.40. The van der Waals surface area contributed by atoms with Crippen molar-refractivity contribution in [1.82, 2.24) is 4.57 Å². The molecule has 0 bridgehead atoms. The van der Waals surface area contributed by atoms with Crippen LogP contribution in [0.5, 0.6) is 0 Å². The summed E-state index contributed by atoms with van der Waals surface area (Å²) in [5.41, 5.74) is 12.5. The molecule has 0 aliphatic heterocycles. The van der Waals surface area contributed by atoms with Gasteiger partial charge in [0, 0.05) is 29.7 Å². The fourth-order valence-corrected chi connectivity index (χ4v) is 4.48. The summed E-state index contributed by atoms with van der Waals surface area (Å²) in [7, 11) is 1.98. The third kappa shape index (κ3) is 3.62. The van der Waals surface area contributed by atoms with E-state index in [-0.39, 0.29) is 11.7 Å². The molecule has 1 aromatic heterocycles. The minimum Gasteiger partial charge on any atom is -0.382 e. The topological polar surface area (TPSA) is 87.1 Å². The van der Waals surface area contributed by atoms with Gasteiger partial charge in [0.15, 0.2) is 0 Å². The standard InChI is InChI=1S/C22H22IN5O/c1-27(23)19-17-8-5-9-18(17)28(20(19)21(24)25)16-12-10-15(11-13-16)26-22(29)14-6-3-2-4-7-14/h2-4,6-7,10-13H,5,8-9H2,1H3,(H3,24,25)(H,26,29). The van der Waals surface area contributed by atoms with Crippen LogP contribution in [0.25, 0.3) is 5.69 Å². The predicted octanol–water partition coefficient (Wildman–Crippen LogP) is 4.29. The molecule has 7 heteroatoms. The summed E-state index contributed by atoms with van der Waals surface area (Å²) in [6.45, 7) is 0. The van der Waals surface area contributed by atoms with Gasteiger partial charge >= 0.3 is 0 Å². The number of fused-ring (bicyclic) bond motifs is 1. The zero-order chi connectivity index (χ0) is 20.5. The van der Waals surface area contributed by atoms with E-state index in [0.29, 0.717) is 5.56 Å². The van der Waals surface area contributed by atoms with Crippen molar-refractivity contribution in [2.75, 3.05) is 15.5 Å². The van der Waals surface area contributed by atoms with Crippen molar-refractivity contribution in [1.29, 1.82) is 5.41 Å². The molecule has 0 fully saturated rings. The average Bonchev–Trinajstić information content (AvgIpc) is 3.29. The number of nitrogens with one attached hydrogen (secondary N) is 2. The molecule has 6 nitrogen and oxygen atoms in total. The van der Waals surface area contributed by atoms with Crippen LogP contribution in [0, 0.1) is 5.41 Å². The molecule has 4 N–H and O–H groups in total. The lowest BCUT2D eigenvalue weighted by molar-refractivity contribution is 0.102. The Morgan fingerprint density at radius 2 is 1.83 bits per heavy atom. The van der Waals surface area contributed by atoms with Gasteiger partial charge in [-0.15, -0.1) is 0 Å². The van der Waals surface area contributed by atoms with Gasteiger partial charge in [-0.3, -0.25) is 10.2 Å². The first-order chi connectivity index (χ1) is 14.0. The minimum atomic E-state index is -0.140. The Labute approximate surface area is 183 Å². The number of amides is 1. The van der Waals surface area contributed by atoms with Gasteiger partial charge in [0.05, 0.1) is 28.6 Å². The molecule has 2 aromatic carbocycles. The highest BCUT2D eigenvalue weighted by atomic mass is 127. The van der Waals surface area contributed by atoms with Crippen LogP contribution in [0.2, 0.25) is 0 Å². The molecule has 29 heavy (non-hydrogen) atoms. The van der Waals surface area contributed by atoms with Crippen molar-refractivity contribution in [2.24, 2.45) is 5.73 Å². The maximum absolute atomic E-state index is 12.4. The highest BCUT2D eigenvalue weighted by molar-refractivity contribution is 14.1. The third-order valence-electron chi connectivity index (χ3n) is 5.17. The van der Waals surface area contributed by atoms with Crippen molar-refractivity contribution in [2.45, 2.75) is 19.3 Å². The molecule has 0 saturated heterocycles. The molecule has 1 amide bonds. The lowest BCUT2D eigenvalue weighted by Gasteiger charge is -2.16. The van der Waals surface area contributed by atoms with Crippen LogP contribution < -0.4 is 14.2 Å². The van der Waals surface area contributed by atoms with E-state index >= 15 is 0 Å². The lowest BCUT2D eigenvalue weighted by Crippen LogP contribution is -2.20. The quantitative estimate of drug-likeness (QED) is 0.212. The van der Waals surface area contributed by atoms with Gasteiger partial charge in [0.2, 0.25) is 0 Å². The Kier molecular flexibility index (Phi) is 5.31. The first-order valence-corrected chi connectivity index (χ1v) is 10.4. The van der Waals surface area contributed by atoms with Crippen LogP contribution in [0.4, 0.5) is 11.4 Å². The van der Waals surface area contributed by atoms with Crippen molar-refractivity contribution in [3.8, 4) is 5.69 Å². The van der Waals surface area contributed by atoms with E-state index < -0.39 is 0 Å². The molecular formula is C22H22IN5O. The predicted molar refractivity (Wildman–Crippen MR) is 126 cm³/mol. The molecule has 0 unspecified atom stereocenters. The number of benzene rings is 2. The molecular weight excluding hydrogens is 477 g/mol. The van der Waals surface area contributed by atoms with Gasteiger partial charge in [0.1, 0.15) is 11.5 Å². The van der Waals surface area contributed by atoms with Gasteiger partial charge in [0.25, 0.3) is 5.91 Å². The summed E-state index contributed by atoms with van der Waals surface area (Å²) < 4.78 is 4.11. The number of aromatic nitrogens is 1. The second-order valence-electron chi connectivity index (χ2n) is 7.07. The number of hydrogen-bond donors (Lipinski definition) is 3. The summed E-state index contributed by atoms with van der Waals surface area (Å²) in [4.78, 5) is 12.4. The number of nitrogen functional groups attached to an aromatic ring is 1. The number of carbonyl (C=O) groups excluding carboxylic acids is 1. The van der Waals surface area contributed by atoms with E-state index in [0.717, 1.165) is 42.0 Å². The summed E-state index contributed by atoms with van der Waals surface area (Å²) in [6, 6.07) is 16.8. The Bertz CT molecular complexity index is 1070. The Hall–Kier alpha value is -2.81. The molecule has 3 aromatic rings. The number of halogens is 1. The Morgan fingerprint density at radius 3 is 2.45 bits per heavy atom. The Morgan fingerprint density at radius 1 is 1.14 bits per heavy atom. The van der Waals surface area contributed by atoms with Crippen LogP contribution >= 0.6 is 22.9 Å². The van der Waals surface area contributed by atoms with Crippen LogP contribution in [0.3, 0.4) is 0 Å². The van der Waals surface area contributed by atoms with Crippen molar-refractivity contribution < 1.29 is 4.79 Å². The molecule has 0 saturated carbocycles. The summed E-state index contributed by atoms with van der Waals surface area (Å²) in [6.07, 6.45) is 3.06. The van der Waals surface area contributed by atoms with E-state index in [1.54, 1.807) is 12.1 Å². The third-order valence-corrected chi connectivity index (χ3v) is 5.66. The largest absolute Gasteiger partial charge is 0.382 e. The van der Waals surface area contributed by atoms with Gasteiger partial charge in [-0.05, 0) is 61.2 Å². The van der Waals surface area contributed by atoms with Gasteiger partial charge in [-0.1, -0.05) is 18.2 Å². The number of nitrogens with two attached hydrogens (primary N) is 1. The first-order valence-electron chi connectivity index (χ1n) is 9.44. The average molecular weight is 499 g/mol. The van der Waals surface area contributed by atoms with E-state index in [2.05, 4.69) is 32.7 Å². The van der Waals surface area contributed by atoms with Gasteiger partial charge in [-0.2, -0.15) is 0 Å². The number of amidine groups is 1. The number of nitrogens with zero attached hydrogens (tertiary/aromatic N) is 2. The number of carbonyl (C=O) groups is 1. The van der Waals surface area contributed by atoms with E-state index in [4.69, 9.17) is 11.1 Å². The van der Waals surface area contributed by atoms with Crippen LogP contribution in [0.15, 0.2) is 54.6 Å². The fourth-order valence-electron chi connectivity index (χ4n) is 3.96. The van der Waals surface area contributed by atoms with Crippen LogP contribution in [0.1, 0.15) is 33.7 Å². The number of hydrogen-bond acceptors (Lipinski definition) is 3. The van der Waals surface area contributed by atoms with E-state index in [1.807, 2.05) is 52.6 Å². The van der Waals surface area contributed by atoms with Crippen molar-refractivity contribution in [3.05, 3.63) is 77.1 Å². The number of anilines is 2. The Balaban J connectivity index is 1.69. The maximum atomic E-state index is 12.4. The molecule has 0 atom stereocenters. The SMILES string of the molecule is CN(I)c1c2c(n(-c3ccc(NC(=O)c4ccccc4)cc3)c1C(=N)N)CCC2. The highest BCUT2D eigenvalue weighted by Gasteiger charge is 2.29. The van der Waals surface area contributed by atoms with Crippen LogP contribution in [-0.4, -0.2) is 23.4 Å². The summed E-state index contributed by atoms with van der Waals surface area (Å²) >= 11 is 2.24. The second-order valence-corrected chi connectivity index (χ2v) is 8.52. The van der Waals surface area contributed by atoms with Crippen molar-refractivity contribution in [3.63, 3.8) is 0 Å². The van der Waals surface area contributed by atoms with Gasteiger partial charge < -0.3 is 18.7 Å². The van der Waals surface area contributed by atoms with Crippen LogP contribution in [-0.2, 0) is 12.8 Å². The lowest BCUT2D eigenvalue weighted by atomic mass is 10.2. The maximum Gasteiger partial charge on any atom is 0.255 e. The number of rotatable bonds is 5. The molecule has 1 heterocycles. The summed E-state index contributed by atoms with van der Waals surface area (Å²) in [5.74, 6) is -0.0853. The second kappa shape index (κ2) is 7.90. The normalized spacial score (nSPS) is 12.5. The van der Waals surface area contributed by atoms with E-state index in [1.165, 1.54) is 11.3 Å². The molecule has 4 rings (SSSR count). The molecule has 1 aliphatic carbocycles. The molecule has 0 spiro atoms. The van der Waals surface area contributed by atoms with E-state index in [9.17, 15) is 4.79 Å².